The van der Waals surface area contributed by atoms with Gasteiger partial charge in [0.05, 0.1) is 21.7 Å². The fourth-order valence-electron chi connectivity index (χ4n) is 5.61. The van der Waals surface area contributed by atoms with Gasteiger partial charge >= 0.3 is 0 Å². The molecule has 2 aromatic heterocycles. The number of pyridine rings is 2. The highest BCUT2D eigenvalue weighted by atomic mass is 35.5. The molecule has 206 valence electrons. The Balaban J connectivity index is 1.50. The van der Waals surface area contributed by atoms with Crippen molar-refractivity contribution >= 4 is 44.9 Å². The van der Waals surface area contributed by atoms with Crippen molar-refractivity contribution in [1.82, 2.24) is 9.97 Å². The van der Waals surface area contributed by atoms with Gasteiger partial charge in [-0.15, -0.1) is 0 Å². The normalized spacial score (nSPS) is 12.0. The summed E-state index contributed by atoms with van der Waals surface area (Å²) in [7, 11) is 0. The monoisotopic (exact) mass is 571 g/mol. The van der Waals surface area contributed by atoms with Gasteiger partial charge in [-0.2, -0.15) is 0 Å². The van der Waals surface area contributed by atoms with Gasteiger partial charge in [0.15, 0.2) is 5.78 Å². The maximum Gasteiger partial charge on any atom is 0.269 e. The maximum absolute atomic E-state index is 13.3. The summed E-state index contributed by atoms with van der Waals surface area (Å²) >= 11 is 6.18. The lowest BCUT2D eigenvalue weighted by atomic mass is 9.85. The number of benzene rings is 4. The van der Waals surface area contributed by atoms with Crippen LogP contribution < -0.4 is 0 Å². The molecule has 6 aromatic rings. The summed E-state index contributed by atoms with van der Waals surface area (Å²) < 4.78 is 0. The molecule has 1 atom stereocenters. The fraction of sp³-hybridized carbons (Fsp3) is 0.114. The highest BCUT2D eigenvalue weighted by molar-refractivity contribution is 6.31. The number of hydrogen-bond donors (Lipinski definition) is 0. The molecule has 0 aliphatic carbocycles. The Morgan fingerprint density at radius 1 is 0.833 bits per heavy atom. The molecule has 6 nitrogen and oxygen atoms in total. The molecule has 0 radical (unpaired) electrons. The lowest BCUT2D eigenvalue weighted by molar-refractivity contribution is -0.384. The number of hydrogen-bond acceptors (Lipinski definition) is 5. The molecule has 42 heavy (non-hydrogen) atoms. The highest BCUT2D eigenvalue weighted by Gasteiger charge is 2.24. The second-order valence-corrected chi connectivity index (χ2v) is 10.8. The van der Waals surface area contributed by atoms with Gasteiger partial charge in [-0.25, -0.2) is 0 Å². The van der Waals surface area contributed by atoms with Crippen molar-refractivity contribution in [1.29, 1.82) is 0 Å². The lowest BCUT2D eigenvalue weighted by Gasteiger charge is -2.21. The second kappa shape index (κ2) is 11.5. The Labute approximate surface area is 247 Å². The number of nitrogens with zero attached hydrogens (tertiary/aromatic N) is 3. The Morgan fingerprint density at radius 2 is 1.57 bits per heavy atom. The molecule has 0 saturated carbocycles. The summed E-state index contributed by atoms with van der Waals surface area (Å²) in [5.41, 5.74) is 6.53. The maximum atomic E-state index is 13.3. The average molecular weight is 572 g/mol. The minimum Gasteiger partial charge on any atom is -0.294 e. The van der Waals surface area contributed by atoms with Crippen molar-refractivity contribution in [3.05, 3.63) is 147 Å². The lowest BCUT2D eigenvalue weighted by Crippen LogP contribution is -2.14. The van der Waals surface area contributed by atoms with E-state index >= 15 is 0 Å². The number of Topliss-reactive ketones (excluding diaryl/α,β-unsaturated/α-hetero) is 1. The third-order valence-corrected chi connectivity index (χ3v) is 7.80. The first-order chi connectivity index (χ1) is 20.4. The van der Waals surface area contributed by atoms with E-state index < -0.39 is 4.92 Å². The second-order valence-electron chi connectivity index (χ2n) is 10.3. The molecule has 0 N–H and O–H groups in total. The van der Waals surface area contributed by atoms with Crippen LogP contribution in [0, 0.1) is 10.1 Å². The van der Waals surface area contributed by atoms with Crippen LogP contribution in [0.2, 0.25) is 5.02 Å². The van der Waals surface area contributed by atoms with Gasteiger partial charge in [-0.05, 0) is 67.1 Å². The standard InChI is InChI=1S/C35H26ClN3O3/c1-22(40)34-33(38-32-10-6-5-9-30(32)35(34)24-7-3-2-4-8-24)21-26(23-12-16-29(17-13-23)39(41)42)20-28-15-11-25-19-27(36)14-18-31(25)37-28/h2-19,26H,20-21H2,1H3. The van der Waals surface area contributed by atoms with E-state index in [1.807, 2.05) is 84.9 Å². The summed E-state index contributed by atoms with van der Waals surface area (Å²) in [6.45, 7) is 1.58. The van der Waals surface area contributed by atoms with Crippen molar-refractivity contribution in [3.63, 3.8) is 0 Å². The number of non-ortho nitro benzene ring substituents is 1. The van der Waals surface area contributed by atoms with Crippen LogP contribution in [0.3, 0.4) is 0 Å². The van der Waals surface area contributed by atoms with E-state index in [2.05, 4.69) is 0 Å². The van der Waals surface area contributed by atoms with Crippen LogP contribution in [0.4, 0.5) is 5.69 Å². The van der Waals surface area contributed by atoms with Gasteiger partial charge in [-0.3, -0.25) is 24.9 Å². The zero-order chi connectivity index (χ0) is 29.2. The Morgan fingerprint density at radius 3 is 2.31 bits per heavy atom. The number of rotatable bonds is 8. The molecule has 0 aliphatic rings. The minimum atomic E-state index is -0.403. The Hall–Kier alpha value is -4.94. The van der Waals surface area contributed by atoms with Crippen molar-refractivity contribution in [3.8, 4) is 11.1 Å². The molecule has 0 aliphatic heterocycles. The van der Waals surface area contributed by atoms with Crippen LogP contribution in [-0.2, 0) is 12.8 Å². The molecule has 0 bridgehead atoms. The summed E-state index contributed by atoms with van der Waals surface area (Å²) in [4.78, 5) is 34.2. The van der Waals surface area contributed by atoms with Crippen molar-refractivity contribution in [2.45, 2.75) is 25.7 Å². The Kier molecular flexibility index (Phi) is 7.46. The molecule has 0 fully saturated rings. The summed E-state index contributed by atoms with van der Waals surface area (Å²) in [5, 5.41) is 13.9. The van der Waals surface area contributed by atoms with E-state index in [-0.39, 0.29) is 17.4 Å². The third kappa shape index (κ3) is 5.49. The van der Waals surface area contributed by atoms with Crippen LogP contribution in [0.1, 0.15) is 40.2 Å². The van der Waals surface area contributed by atoms with Crippen LogP contribution in [0.25, 0.3) is 32.9 Å². The van der Waals surface area contributed by atoms with Gasteiger partial charge in [0.1, 0.15) is 0 Å². The van der Waals surface area contributed by atoms with E-state index in [0.717, 1.165) is 44.2 Å². The van der Waals surface area contributed by atoms with Gasteiger partial charge in [0.2, 0.25) is 0 Å². The number of carbonyl (C=O) groups is 1. The number of nitro groups is 1. The number of para-hydroxylation sites is 1. The number of nitro benzene ring substituents is 1. The molecule has 0 amide bonds. The molecule has 4 aromatic carbocycles. The van der Waals surface area contributed by atoms with Crippen molar-refractivity contribution in [2.75, 3.05) is 0 Å². The van der Waals surface area contributed by atoms with Gasteiger partial charge in [-0.1, -0.05) is 78.3 Å². The third-order valence-electron chi connectivity index (χ3n) is 7.56. The minimum absolute atomic E-state index is 0.0258. The van der Waals surface area contributed by atoms with Crippen molar-refractivity contribution < 1.29 is 9.72 Å². The number of fused-ring (bicyclic) bond motifs is 2. The molecule has 0 spiro atoms. The number of carbonyl (C=O) groups excluding carboxylic acids is 1. The first kappa shape index (κ1) is 27.2. The number of ketones is 1. The SMILES string of the molecule is CC(=O)c1c(CC(Cc2ccc3cc(Cl)ccc3n2)c2ccc([N+](=O)[O-])cc2)nc2ccccc2c1-c1ccccc1. The number of halogens is 1. The largest absolute Gasteiger partial charge is 0.294 e. The molecule has 7 heteroatoms. The molecule has 2 heterocycles. The average Bonchev–Trinajstić information content (AvgIpc) is 3.00. The predicted molar refractivity (Wildman–Crippen MR) is 167 cm³/mol. The summed E-state index contributed by atoms with van der Waals surface area (Å²) in [6.07, 6.45) is 0.987. The summed E-state index contributed by atoms with van der Waals surface area (Å²) in [5.74, 6) is -0.219. The van der Waals surface area contributed by atoms with Crippen molar-refractivity contribution in [2.24, 2.45) is 0 Å². The van der Waals surface area contributed by atoms with E-state index in [4.69, 9.17) is 21.6 Å². The van der Waals surface area contributed by atoms with Gasteiger partial charge in [0.25, 0.3) is 5.69 Å². The van der Waals surface area contributed by atoms with Crippen LogP contribution in [0.15, 0.2) is 109 Å². The van der Waals surface area contributed by atoms with E-state index in [0.29, 0.717) is 29.1 Å². The first-order valence-corrected chi connectivity index (χ1v) is 14.0. The smallest absolute Gasteiger partial charge is 0.269 e. The predicted octanol–water partition coefficient (Wildman–Crippen LogP) is 8.78. The highest BCUT2D eigenvalue weighted by Crippen LogP contribution is 2.36. The van der Waals surface area contributed by atoms with E-state index in [1.165, 1.54) is 12.1 Å². The zero-order valence-electron chi connectivity index (χ0n) is 22.8. The fourth-order valence-corrected chi connectivity index (χ4v) is 5.79. The quantitative estimate of drug-likeness (QED) is 0.103. The van der Waals surface area contributed by atoms with Crippen LogP contribution in [0.5, 0.6) is 0 Å². The topological polar surface area (TPSA) is 86.0 Å². The zero-order valence-corrected chi connectivity index (χ0v) is 23.6. The molecular weight excluding hydrogens is 546 g/mol. The molecule has 6 rings (SSSR count). The van der Waals surface area contributed by atoms with Gasteiger partial charge in [0, 0.05) is 44.7 Å². The molecule has 1 unspecified atom stereocenters. The van der Waals surface area contributed by atoms with Crippen LogP contribution >= 0.6 is 11.6 Å². The van der Waals surface area contributed by atoms with Crippen LogP contribution in [-0.4, -0.2) is 20.7 Å². The molecule has 0 saturated heterocycles. The van der Waals surface area contributed by atoms with E-state index in [9.17, 15) is 14.9 Å². The molecular formula is C35H26ClN3O3. The number of aromatic nitrogens is 2. The first-order valence-electron chi connectivity index (χ1n) is 13.6. The Bertz CT molecular complexity index is 1960. The summed E-state index contributed by atoms with van der Waals surface area (Å²) in [6, 6.07) is 34.0. The van der Waals surface area contributed by atoms with E-state index in [1.54, 1.807) is 19.1 Å². The van der Waals surface area contributed by atoms with Gasteiger partial charge < -0.3 is 0 Å².